The van der Waals surface area contributed by atoms with Crippen LogP contribution < -0.4 is 11.1 Å². The number of aromatic nitrogens is 2. The molecule has 0 saturated heterocycles. The van der Waals surface area contributed by atoms with Crippen molar-refractivity contribution < 1.29 is 0 Å². The van der Waals surface area contributed by atoms with Gasteiger partial charge < -0.3 is 11.1 Å². The number of nitrogens with one attached hydrogen (secondary N) is 1. The summed E-state index contributed by atoms with van der Waals surface area (Å²) in [6, 6.07) is 0. The van der Waals surface area contributed by atoms with Gasteiger partial charge in [-0.05, 0) is 19.1 Å². The molecule has 0 bridgehead atoms. The molecule has 0 atom stereocenters. The van der Waals surface area contributed by atoms with Crippen molar-refractivity contribution in [3.05, 3.63) is 12.4 Å². The van der Waals surface area contributed by atoms with Crippen LogP contribution in [0.25, 0.3) is 0 Å². The van der Waals surface area contributed by atoms with Crippen LogP contribution in [0.3, 0.4) is 0 Å². The molecule has 0 aliphatic heterocycles. The van der Waals surface area contributed by atoms with Crippen molar-refractivity contribution in [2.24, 2.45) is 0 Å². The predicted molar refractivity (Wildman–Crippen MR) is 65.0 cm³/mol. The molecule has 1 aromatic rings. The fraction of sp³-hybridized carbons (Fsp3) is 0.600. The Bertz CT molecular complexity index is 332. The minimum absolute atomic E-state index is 0.393. The number of nitrogens with zero attached hydrogens (tertiary/aromatic N) is 2. The van der Waals surface area contributed by atoms with E-state index in [9.17, 15) is 0 Å². The average molecular weight is 224 g/mol. The van der Waals surface area contributed by atoms with Crippen LogP contribution in [0.2, 0.25) is 0 Å². The Labute approximate surface area is 94.1 Å². The van der Waals surface area contributed by atoms with E-state index in [1.54, 1.807) is 12.4 Å². The normalized spacial score (nSPS) is 18.2. The molecule has 0 amide bonds. The Morgan fingerprint density at radius 2 is 2.20 bits per heavy atom. The lowest BCUT2D eigenvalue weighted by molar-refractivity contribution is 0.379. The van der Waals surface area contributed by atoms with E-state index in [0.29, 0.717) is 16.4 Å². The summed E-state index contributed by atoms with van der Waals surface area (Å²) in [6.07, 6.45) is 9.32. The molecule has 4 nitrogen and oxygen atoms in total. The smallest absolute Gasteiger partial charge is 0.168 e. The highest BCUT2D eigenvalue weighted by Gasteiger charge is 2.35. The van der Waals surface area contributed by atoms with Gasteiger partial charge in [0.2, 0.25) is 0 Å². The van der Waals surface area contributed by atoms with Gasteiger partial charge in [0.25, 0.3) is 0 Å². The van der Waals surface area contributed by atoms with E-state index in [1.807, 2.05) is 11.8 Å². The molecule has 3 N–H and O–H groups in total. The molecule has 1 aliphatic rings. The molecule has 1 aromatic heterocycles. The van der Waals surface area contributed by atoms with E-state index in [2.05, 4.69) is 21.5 Å². The summed E-state index contributed by atoms with van der Waals surface area (Å²) < 4.78 is 0.393. The topological polar surface area (TPSA) is 63.8 Å². The van der Waals surface area contributed by atoms with Crippen LogP contribution in [-0.4, -0.2) is 27.5 Å². The molecule has 1 fully saturated rings. The second-order valence-corrected chi connectivity index (χ2v) is 5.16. The van der Waals surface area contributed by atoms with Crippen molar-refractivity contribution in [1.82, 2.24) is 9.97 Å². The molecule has 0 spiro atoms. The van der Waals surface area contributed by atoms with E-state index < -0.39 is 0 Å². The summed E-state index contributed by atoms with van der Waals surface area (Å²) in [5.74, 6) is 1.19. The fourth-order valence-corrected chi connectivity index (χ4v) is 2.67. The van der Waals surface area contributed by atoms with Crippen LogP contribution in [0.5, 0.6) is 0 Å². The van der Waals surface area contributed by atoms with Crippen molar-refractivity contribution in [3.63, 3.8) is 0 Å². The number of thioether (sulfide) groups is 1. The fourth-order valence-electron chi connectivity index (χ4n) is 1.75. The van der Waals surface area contributed by atoms with Crippen molar-refractivity contribution in [2.45, 2.75) is 24.0 Å². The van der Waals surface area contributed by atoms with Gasteiger partial charge in [0, 0.05) is 23.7 Å². The second-order valence-electron chi connectivity index (χ2n) is 3.88. The highest BCUT2D eigenvalue weighted by atomic mass is 32.2. The zero-order valence-corrected chi connectivity index (χ0v) is 9.68. The lowest BCUT2D eigenvalue weighted by Gasteiger charge is -2.40. The number of hydrogen-bond acceptors (Lipinski definition) is 5. The minimum Gasteiger partial charge on any atom is -0.381 e. The Kier molecular flexibility index (Phi) is 3.00. The van der Waals surface area contributed by atoms with E-state index in [-0.39, 0.29) is 0 Å². The number of hydrogen-bond donors (Lipinski definition) is 2. The number of anilines is 2. The largest absolute Gasteiger partial charge is 0.381 e. The Morgan fingerprint density at radius 1 is 1.47 bits per heavy atom. The lowest BCUT2D eigenvalue weighted by Crippen LogP contribution is -2.40. The predicted octanol–water partition coefficient (Wildman–Crippen LogP) is 1.76. The molecule has 5 heteroatoms. The van der Waals surface area contributed by atoms with Gasteiger partial charge in [-0.1, -0.05) is 6.42 Å². The van der Waals surface area contributed by atoms with Crippen molar-refractivity contribution in [3.8, 4) is 0 Å². The number of rotatable bonds is 4. The lowest BCUT2D eigenvalue weighted by atomic mass is 9.84. The van der Waals surface area contributed by atoms with Gasteiger partial charge in [0.15, 0.2) is 11.6 Å². The van der Waals surface area contributed by atoms with Crippen molar-refractivity contribution in [2.75, 3.05) is 23.9 Å². The molecule has 15 heavy (non-hydrogen) atoms. The van der Waals surface area contributed by atoms with E-state index in [4.69, 9.17) is 5.73 Å². The third kappa shape index (κ3) is 2.17. The highest BCUT2D eigenvalue weighted by Crippen LogP contribution is 2.42. The maximum atomic E-state index is 5.71. The second kappa shape index (κ2) is 4.26. The van der Waals surface area contributed by atoms with Gasteiger partial charge in [-0.25, -0.2) is 9.97 Å². The molecule has 1 aliphatic carbocycles. The molecule has 1 heterocycles. The first-order valence-corrected chi connectivity index (χ1v) is 6.34. The third-order valence-electron chi connectivity index (χ3n) is 3.00. The monoisotopic (exact) mass is 224 g/mol. The third-order valence-corrected chi connectivity index (χ3v) is 4.42. The first-order valence-electron chi connectivity index (χ1n) is 5.11. The molecule has 82 valence electrons. The van der Waals surface area contributed by atoms with Crippen molar-refractivity contribution >= 4 is 23.4 Å². The van der Waals surface area contributed by atoms with Crippen LogP contribution in [0.4, 0.5) is 11.6 Å². The van der Waals surface area contributed by atoms with Gasteiger partial charge in [-0.3, -0.25) is 0 Å². The zero-order valence-electron chi connectivity index (χ0n) is 8.86. The van der Waals surface area contributed by atoms with Gasteiger partial charge in [0.1, 0.15) is 0 Å². The summed E-state index contributed by atoms with van der Waals surface area (Å²) >= 11 is 1.93. The van der Waals surface area contributed by atoms with Crippen LogP contribution in [0.15, 0.2) is 12.4 Å². The zero-order chi connectivity index (χ0) is 10.7. The first kappa shape index (κ1) is 10.5. The van der Waals surface area contributed by atoms with E-state index >= 15 is 0 Å². The molecular weight excluding hydrogens is 208 g/mol. The Balaban J connectivity index is 1.95. The minimum atomic E-state index is 0.393. The Morgan fingerprint density at radius 3 is 2.73 bits per heavy atom. The molecule has 1 saturated carbocycles. The molecule has 0 radical (unpaired) electrons. The van der Waals surface area contributed by atoms with E-state index in [1.165, 1.54) is 19.3 Å². The van der Waals surface area contributed by atoms with Gasteiger partial charge in [0.05, 0.1) is 0 Å². The molecular formula is C10H16N4S. The van der Waals surface area contributed by atoms with Crippen molar-refractivity contribution in [1.29, 1.82) is 0 Å². The van der Waals surface area contributed by atoms with Crippen LogP contribution in [-0.2, 0) is 0 Å². The Hall–Kier alpha value is -0.970. The average Bonchev–Trinajstić information content (AvgIpc) is 2.19. The van der Waals surface area contributed by atoms with Crippen LogP contribution in [0, 0.1) is 0 Å². The van der Waals surface area contributed by atoms with Gasteiger partial charge in [-0.2, -0.15) is 11.8 Å². The highest BCUT2D eigenvalue weighted by molar-refractivity contribution is 8.00. The van der Waals surface area contributed by atoms with Gasteiger partial charge in [-0.15, -0.1) is 0 Å². The van der Waals surface area contributed by atoms with Crippen LogP contribution in [0.1, 0.15) is 19.3 Å². The first-order chi connectivity index (χ1) is 7.26. The SMILES string of the molecule is CSC1(CNc2nccnc2N)CCC1. The maximum absolute atomic E-state index is 5.71. The summed E-state index contributed by atoms with van der Waals surface area (Å²) in [6.45, 7) is 0.928. The summed E-state index contributed by atoms with van der Waals surface area (Å²) in [7, 11) is 0. The van der Waals surface area contributed by atoms with Gasteiger partial charge >= 0.3 is 0 Å². The maximum Gasteiger partial charge on any atom is 0.168 e. The van der Waals surface area contributed by atoms with Crippen LogP contribution >= 0.6 is 11.8 Å². The quantitative estimate of drug-likeness (QED) is 0.816. The molecule has 2 rings (SSSR count). The number of nitrogen functional groups attached to an aromatic ring is 1. The summed E-state index contributed by atoms with van der Waals surface area (Å²) in [5, 5.41) is 3.29. The summed E-state index contributed by atoms with van der Waals surface area (Å²) in [5.41, 5.74) is 5.71. The molecule has 0 unspecified atom stereocenters. The molecule has 0 aromatic carbocycles. The van der Waals surface area contributed by atoms with E-state index in [0.717, 1.165) is 6.54 Å². The summed E-state index contributed by atoms with van der Waals surface area (Å²) in [4.78, 5) is 8.16. The standard InChI is InChI=1S/C10H16N4S/c1-15-10(3-2-4-10)7-14-9-8(11)12-5-6-13-9/h5-6H,2-4,7H2,1H3,(H2,11,12)(H,13,14). The number of nitrogens with two attached hydrogens (primary N) is 1.